The Morgan fingerprint density at radius 1 is 1.12 bits per heavy atom. The first-order chi connectivity index (χ1) is 11.6. The number of aldehydes is 1. The molecule has 5 heteroatoms. The lowest BCUT2D eigenvalue weighted by Crippen LogP contribution is -2.07. The van der Waals surface area contributed by atoms with Gasteiger partial charge in [-0.1, -0.05) is 48.0 Å². The zero-order chi connectivity index (χ0) is 17.1. The Morgan fingerprint density at radius 2 is 1.83 bits per heavy atom. The predicted molar refractivity (Wildman–Crippen MR) is 90.3 cm³/mol. The smallest absolute Gasteiger partial charge is 0.336 e. The van der Waals surface area contributed by atoms with E-state index in [0.29, 0.717) is 23.4 Å². The fourth-order valence-corrected chi connectivity index (χ4v) is 2.62. The maximum Gasteiger partial charge on any atom is 0.336 e. The number of carboxylic acid groups (broad SMARTS) is 1. The molecule has 120 valence electrons. The Morgan fingerprint density at radius 3 is 2.50 bits per heavy atom. The van der Waals surface area contributed by atoms with Crippen LogP contribution in [0.5, 0.6) is 0 Å². The maximum absolute atomic E-state index is 11.6. The van der Waals surface area contributed by atoms with Crippen molar-refractivity contribution < 1.29 is 14.7 Å². The molecule has 0 saturated carbocycles. The van der Waals surface area contributed by atoms with Crippen LogP contribution < -0.4 is 0 Å². The number of aromatic carboxylic acids is 1. The van der Waals surface area contributed by atoms with Gasteiger partial charge in [0, 0.05) is 11.1 Å². The standard InChI is InChI=1S/C19H16N2O3/c1-13-6-8-14(9-7-13)11-21-18(12-22)17(10-20-21)15-4-2-3-5-16(15)19(23)24/h2-10,12H,11H2,1H3,(H,23,24). The molecule has 0 radical (unpaired) electrons. The largest absolute Gasteiger partial charge is 0.478 e. The third kappa shape index (κ3) is 2.96. The minimum atomic E-state index is -1.03. The lowest BCUT2D eigenvalue weighted by atomic mass is 10.0. The van der Waals surface area contributed by atoms with Crippen LogP contribution in [-0.4, -0.2) is 27.1 Å². The number of aryl methyl sites for hydroxylation is 1. The van der Waals surface area contributed by atoms with Crippen molar-refractivity contribution in [3.8, 4) is 11.1 Å². The Hall–Kier alpha value is -3.21. The van der Waals surface area contributed by atoms with Crippen LogP contribution in [0.1, 0.15) is 32.0 Å². The van der Waals surface area contributed by atoms with E-state index in [9.17, 15) is 14.7 Å². The number of hydrogen-bond donors (Lipinski definition) is 1. The van der Waals surface area contributed by atoms with Crippen LogP contribution in [0.15, 0.2) is 54.7 Å². The minimum Gasteiger partial charge on any atom is -0.478 e. The van der Waals surface area contributed by atoms with Crippen LogP contribution in [-0.2, 0) is 6.54 Å². The molecule has 24 heavy (non-hydrogen) atoms. The van der Waals surface area contributed by atoms with Gasteiger partial charge in [-0.05, 0) is 18.6 Å². The summed E-state index contributed by atoms with van der Waals surface area (Å²) in [5.41, 5.74) is 3.70. The first-order valence-corrected chi connectivity index (χ1v) is 7.49. The number of benzene rings is 2. The summed E-state index contributed by atoms with van der Waals surface area (Å²) < 4.78 is 1.59. The molecule has 0 aliphatic heterocycles. The molecule has 0 amide bonds. The highest BCUT2D eigenvalue weighted by molar-refractivity contribution is 5.98. The van der Waals surface area contributed by atoms with E-state index in [1.54, 1.807) is 29.1 Å². The van der Waals surface area contributed by atoms with E-state index < -0.39 is 5.97 Å². The quantitative estimate of drug-likeness (QED) is 0.731. The van der Waals surface area contributed by atoms with Gasteiger partial charge in [0.25, 0.3) is 0 Å². The second-order valence-electron chi connectivity index (χ2n) is 5.56. The van der Waals surface area contributed by atoms with Gasteiger partial charge >= 0.3 is 5.97 Å². The average Bonchev–Trinajstić information content (AvgIpc) is 2.99. The van der Waals surface area contributed by atoms with Crippen molar-refractivity contribution in [3.63, 3.8) is 0 Å². The van der Waals surface area contributed by atoms with Crippen molar-refractivity contribution in [1.29, 1.82) is 0 Å². The number of aromatic nitrogens is 2. The molecule has 1 N–H and O–H groups in total. The second-order valence-corrected chi connectivity index (χ2v) is 5.56. The van der Waals surface area contributed by atoms with Crippen LogP contribution >= 0.6 is 0 Å². The van der Waals surface area contributed by atoms with Gasteiger partial charge in [-0.2, -0.15) is 5.10 Å². The number of carboxylic acids is 1. The Kier molecular flexibility index (Phi) is 4.24. The van der Waals surface area contributed by atoms with Crippen LogP contribution in [0.2, 0.25) is 0 Å². The van der Waals surface area contributed by atoms with E-state index in [1.165, 1.54) is 6.07 Å². The van der Waals surface area contributed by atoms with E-state index in [4.69, 9.17) is 0 Å². The van der Waals surface area contributed by atoms with Gasteiger partial charge in [0.1, 0.15) is 5.69 Å². The Bertz CT molecular complexity index is 895. The molecule has 2 aromatic carbocycles. The first kappa shape index (κ1) is 15.7. The average molecular weight is 320 g/mol. The summed E-state index contributed by atoms with van der Waals surface area (Å²) in [6.07, 6.45) is 2.26. The molecule has 0 unspecified atom stereocenters. The highest BCUT2D eigenvalue weighted by Crippen LogP contribution is 2.26. The molecular formula is C19H16N2O3. The summed E-state index contributed by atoms with van der Waals surface area (Å²) in [5.74, 6) is -1.03. The van der Waals surface area contributed by atoms with Crippen molar-refractivity contribution in [1.82, 2.24) is 9.78 Å². The number of hydrogen-bond acceptors (Lipinski definition) is 3. The molecule has 0 atom stereocenters. The minimum absolute atomic E-state index is 0.149. The SMILES string of the molecule is Cc1ccc(Cn2ncc(-c3ccccc3C(=O)O)c2C=O)cc1. The zero-order valence-electron chi connectivity index (χ0n) is 13.1. The molecule has 0 saturated heterocycles. The van der Waals surface area contributed by atoms with E-state index in [-0.39, 0.29) is 5.56 Å². The fraction of sp³-hybridized carbons (Fsp3) is 0.105. The number of rotatable bonds is 5. The second kappa shape index (κ2) is 6.50. The molecular weight excluding hydrogens is 304 g/mol. The summed E-state index contributed by atoms with van der Waals surface area (Å²) in [5, 5.41) is 13.6. The van der Waals surface area contributed by atoms with Gasteiger partial charge in [-0.25, -0.2) is 4.79 Å². The first-order valence-electron chi connectivity index (χ1n) is 7.49. The van der Waals surface area contributed by atoms with E-state index in [2.05, 4.69) is 5.10 Å². The summed E-state index contributed by atoms with van der Waals surface area (Å²) in [4.78, 5) is 23.0. The van der Waals surface area contributed by atoms with Crippen molar-refractivity contribution >= 4 is 12.3 Å². The third-order valence-corrected chi connectivity index (χ3v) is 3.89. The number of carbonyl (C=O) groups is 2. The maximum atomic E-state index is 11.6. The molecule has 0 fully saturated rings. The Labute approximate surface area is 139 Å². The number of nitrogens with zero attached hydrogens (tertiary/aromatic N) is 2. The van der Waals surface area contributed by atoms with Crippen molar-refractivity contribution in [2.45, 2.75) is 13.5 Å². The predicted octanol–water partition coefficient (Wildman–Crippen LogP) is 3.42. The zero-order valence-corrected chi connectivity index (χ0v) is 13.1. The van der Waals surface area contributed by atoms with Gasteiger partial charge in [0.2, 0.25) is 0 Å². The van der Waals surface area contributed by atoms with Gasteiger partial charge in [-0.3, -0.25) is 9.48 Å². The monoisotopic (exact) mass is 320 g/mol. The molecule has 1 aromatic heterocycles. The van der Waals surface area contributed by atoms with Crippen molar-refractivity contribution in [3.05, 3.63) is 77.1 Å². The highest BCUT2D eigenvalue weighted by Gasteiger charge is 2.17. The molecule has 0 bridgehead atoms. The third-order valence-electron chi connectivity index (χ3n) is 3.89. The molecule has 0 aliphatic rings. The topological polar surface area (TPSA) is 72.2 Å². The molecule has 0 spiro atoms. The summed E-state index contributed by atoms with van der Waals surface area (Å²) in [7, 11) is 0. The van der Waals surface area contributed by atoms with E-state index in [0.717, 1.165) is 17.4 Å². The van der Waals surface area contributed by atoms with Crippen molar-refractivity contribution in [2.24, 2.45) is 0 Å². The van der Waals surface area contributed by atoms with Crippen LogP contribution in [0.3, 0.4) is 0 Å². The summed E-state index contributed by atoms with van der Waals surface area (Å²) >= 11 is 0. The summed E-state index contributed by atoms with van der Waals surface area (Å²) in [6.45, 7) is 2.46. The fourth-order valence-electron chi connectivity index (χ4n) is 2.62. The van der Waals surface area contributed by atoms with Crippen LogP contribution in [0, 0.1) is 6.92 Å². The van der Waals surface area contributed by atoms with Gasteiger partial charge in [-0.15, -0.1) is 0 Å². The molecule has 0 aliphatic carbocycles. The number of carbonyl (C=O) groups excluding carboxylic acids is 1. The van der Waals surface area contributed by atoms with Gasteiger partial charge < -0.3 is 5.11 Å². The van der Waals surface area contributed by atoms with E-state index in [1.807, 2.05) is 31.2 Å². The molecule has 5 nitrogen and oxygen atoms in total. The molecule has 3 rings (SSSR count). The van der Waals surface area contributed by atoms with Crippen LogP contribution in [0.4, 0.5) is 0 Å². The highest BCUT2D eigenvalue weighted by atomic mass is 16.4. The normalized spacial score (nSPS) is 10.5. The van der Waals surface area contributed by atoms with Gasteiger partial charge in [0.05, 0.1) is 18.3 Å². The lowest BCUT2D eigenvalue weighted by molar-refractivity contribution is 0.0697. The van der Waals surface area contributed by atoms with Gasteiger partial charge in [0.15, 0.2) is 6.29 Å². The summed E-state index contributed by atoms with van der Waals surface area (Å²) in [6, 6.07) is 14.6. The Balaban J connectivity index is 2.03. The lowest BCUT2D eigenvalue weighted by Gasteiger charge is -2.07. The molecule has 3 aromatic rings. The van der Waals surface area contributed by atoms with E-state index >= 15 is 0 Å². The molecule has 1 heterocycles. The van der Waals surface area contributed by atoms with Crippen molar-refractivity contribution in [2.75, 3.05) is 0 Å². The van der Waals surface area contributed by atoms with Crippen LogP contribution in [0.25, 0.3) is 11.1 Å².